The van der Waals surface area contributed by atoms with Crippen molar-refractivity contribution in [1.29, 1.82) is 0 Å². The first-order valence-electron chi connectivity index (χ1n) is 12.0. The van der Waals surface area contributed by atoms with Gasteiger partial charge in [0.2, 0.25) is 0 Å². The van der Waals surface area contributed by atoms with Crippen molar-refractivity contribution in [3.05, 3.63) is 149 Å². The highest BCUT2D eigenvalue weighted by molar-refractivity contribution is 6.17. The molecule has 5 rings (SSSR count). The smallest absolute Gasteiger partial charge is 0.193 e. The minimum Gasteiger partial charge on any atom is -0.497 e. The van der Waals surface area contributed by atoms with E-state index in [1.165, 1.54) is 0 Å². The summed E-state index contributed by atoms with van der Waals surface area (Å²) in [7, 11) is 1.56. The van der Waals surface area contributed by atoms with Crippen molar-refractivity contribution in [2.24, 2.45) is 0 Å². The number of rotatable bonds is 8. The molecule has 0 unspecified atom stereocenters. The predicted octanol–water partition coefficient (Wildman–Crippen LogP) is 7.48. The van der Waals surface area contributed by atoms with E-state index >= 15 is 0 Å². The highest BCUT2D eigenvalue weighted by atomic mass is 16.5. The van der Waals surface area contributed by atoms with E-state index in [4.69, 9.17) is 4.74 Å². The van der Waals surface area contributed by atoms with Gasteiger partial charge in [-0.25, -0.2) is 0 Å². The van der Waals surface area contributed by atoms with Crippen LogP contribution in [0.5, 0.6) is 5.75 Å². The van der Waals surface area contributed by atoms with E-state index < -0.39 is 0 Å². The van der Waals surface area contributed by atoms with Gasteiger partial charge in [0.05, 0.1) is 7.11 Å². The summed E-state index contributed by atoms with van der Waals surface area (Å²) in [6, 6.07) is 38.7. The molecule has 0 spiro atoms. The molecule has 36 heavy (non-hydrogen) atoms. The van der Waals surface area contributed by atoms with E-state index in [1.54, 1.807) is 25.3 Å². The molecule has 0 saturated heterocycles. The Balaban J connectivity index is 1.53. The summed E-state index contributed by atoms with van der Waals surface area (Å²) in [5.41, 5.74) is 3.43. The monoisotopic (exact) mass is 470 g/mol. The van der Waals surface area contributed by atoms with Gasteiger partial charge in [-0.2, -0.15) is 0 Å². The van der Waals surface area contributed by atoms with Crippen molar-refractivity contribution in [1.82, 2.24) is 0 Å². The molecule has 0 fully saturated rings. The number of methoxy groups -OCH3 is 1. The molecule has 0 aromatic heterocycles. The zero-order valence-electron chi connectivity index (χ0n) is 20.1. The molecule has 0 N–H and O–H groups in total. The second-order valence-corrected chi connectivity index (χ2v) is 8.80. The molecule has 0 saturated carbocycles. The summed E-state index contributed by atoms with van der Waals surface area (Å²) >= 11 is 0. The fourth-order valence-corrected chi connectivity index (χ4v) is 4.66. The Morgan fingerprint density at radius 1 is 0.639 bits per heavy atom. The lowest BCUT2D eigenvalue weighted by Gasteiger charge is -2.19. The molecular weight excluding hydrogens is 444 g/mol. The predicted molar refractivity (Wildman–Crippen MR) is 144 cm³/mol. The van der Waals surface area contributed by atoms with Crippen molar-refractivity contribution >= 4 is 22.3 Å². The fourth-order valence-electron chi connectivity index (χ4n) is 4.66. The maximum atomic E-state index is 13.8. The van der Waals surface area contributed by atoms with Crippen LogP contribution in [0.4, 0.5) is 0 Å². The van der Waals surface area contributed by atoms with Crippen LogP contribution in [0, 0.1) is 0 Å². The van der Waals surface area contributed by atoms with Gasteiger partial charge in [0.15, 0.2) is 11.6 Å². The van der Waals surface area contributed by atoms with Crippen LogP contribution in [0.25, 0.3) is 10.8 Å². The van der Waals surface area contributed by atoms with Crippen LogP contribution >= 0.6 is 0 Å². The van der Waals surface area contributed by atoms with Crippen molar-refractivity contribution in [2.45, 2.75) is 12.3 Å². The summed E-state index contributed by atoms with van der Waals surface area (Å²) in [6.45, 7) is 0. The minimum atomic E-state index is -0.195. The second kappa shape index (κ2) is 10.4. The van der Waals surface area contributed by atoms with Crippen LogP contribution < -0.4 is 4.74 Å². The van der Waals surface area contributed by atoms with Crippen LogP contribution in [0.2, 0.25) is 0 Å². The summed E-state index contributed by atoms with van der Waals surface area (Å²) < 4.78 is 5.40. The molecule has 3 heteroatoms. The van der Waals surface area contributed by atoms with Gasteiger partial charge in [0, 0.05) is 29.0 Å². The molecular formula is C33H26O3. The van der Waals surface area contributed by atoms with Crippen molar-refractivity contribution in [3.63, 3.8) is 0 Å². The zero-order chi connectivity index (χ0) is 24.9. The topological polar surface area (TPSA) is 43.4 Å². The molecule has 5 aromatic rings. The highest BCUT2D eigenvalue weighted by Gasteiger charge is 2.24. The average molecular weight is 471 g/mol. The lowest BCUT2D eigenvalue weighted by Crippen LogP contribution is -2.14. The first-order valence-corrected chi connectivity index (χ1v) is 12.0. The molecule has 5 aromatic carbocycles. The summed E-state index contributed by atoms with van der Waals surface area (Å²) in [5.74, 6) is 0.141. The van der Waals surface area contributed by atoms with Crippen LogP contribution in [0.1, 0.15) is 49.7 Å². The van der Waals surface area contributed by atoms with Gasteiger partial charge >= 0.3 is 0 Å². The van der Waals surface area contributed by atoms with Crippen LogP contribution in [0.15, 0.2) is 121 Å². The van der Waals surface area contributed by atoms with E-state index in [0.29, 0.717) is 22.4 Å². The van der Waals surface area contributed by atoms with E-state index in [-0.39, 0.29) is 23.9 Å². The average Bonchev–Trinajstić information content (AvgIpc) is 2.95. The largest absolute Gasteiger partial charge is 0.497 e. The third-order valence-corrected chi connectivity index (χ3v) is 6.58. The van der Waals surface area contributed by atoms with E-state index in [1.807, 2.05) is 103 Å². The van der Waals surface area contributed by atoms with Crippen LogP contribution in [-0.2, 0) is 0 Å². The van der Waals surface area contributed by atoms with E-state index in [2.05, 4.69) is 0 Å². The van der Waals surface area contributed by atoms with Crippen molar-refractivity contribution < 1.29 is 14.3 Å². The second-order valence-electron chi connectivity index (χ2n) is 8.80. The minimum absolute atomic E-state index is 0.0838. The number of ketones is 2. The number of hydrogen-bond acceptors (Lipinski definition) is 3. The Bertz CT molecular complexity index is 1480. The normalized spacial score (nSPS) is 10.9. The Morgan fingerprint density at radius 3 is 1.89 bits per heavy atom. The summed E-state index contributed by atoms with van der Waals surface area (Å²) in [4.78, 5) is 27.5. The molecule has 176 valence electrons. The Hall–Kier alpha value is -4.50. The summed E-state index contributed by atoms with van der Waals surface area (Å²) in [6.07, 6.45) is 0.248. The number of hydrogen-bond donors (Lipinski definition) is 0. The SMILES string of the molecule is COc1ccc(C(=O)CC(c2ccccc2)c2ccccc2)c(C(=O)c2ccc3ccccc3c2)c1. The number of carbonyl (C=O) groups excluding carboxylic acids is 2. The molecule has 0 aliphatic carbocycles. The van der Waals surface area contributed by atoms with Gasteiger partial charge in [0.25, 0.3) is 0 Å². The van der Waals surface area contributed by atoms with Gasteiger partial charge in [0.1, 0.15) is 5.75 Å². The first kappa shape index (κ1) is 23.3. The number of ether oxygens (including phenoxy) is 1. The molecule has 3 nitrogen and oxygen atoms in total. The molecule has 0 atom stereocenters. The number of carbonyl (C=O) groups is 2. The van der Waals surface area contributed by atoms with E-state index in [9.17, 15) is 9.59 Å². The maximum Gasteiger partial charge on any atom is 0.193 e. The number of Topliss-reactive ketones (excluding diaryl/α,β-unsaturated/α-hetero) is 1. The summed E-state index contributed by atoms with van der Waals surface area (Å²) in [5, 5.41) is 2.04. The molecule has 0 amide bonds. The molecule has 0 aliphatic heterocycles. The third kappa shape index (κ3) is 4.82. The highest BCUT2D eigenvalue weighted by Crippen LogP contribution is 2.31. The van der Waals surface area contributed by atoms with Crippen LogP contribution in [0.3, 0.4) is 0 Å². The zero-order valence-corrected chi connectivity index (χ0v) is 20.1. The van der Waals surface area contributed by atoms with E-state index in [0.717, 1.165) is 21.9 Å². The Labute approximate surface area is 211 Å². The van der Waals surface area contributed by atoms with Gasteiger partial charge < -0.3 is 4.74 Å². The molecule has 0 bridgehead atoms. The molecule has 0 aliphatic rings. The number of benzene rings is 5. The third-order valence-electron chi connectivity index (χ3n) is 6.58. The van der Waals surface area contributed by atoms with Crippen LogP contribution in [-0.4, -0.2) is 18.7 Å². The standard InChI is InChI=1S/C33H26O3/c1-36-28-18-19-29(31(21-28)33(35)27-17-16-23-10-8-9-15-26(23)20-27)32(34)22-30(24-11-4-2-5-12-24)25-13-6-3-7-14-25/h2-21,30H,22H2,1H3. The first-order chi connectivity index (χ1) is 17.6. The fraction of sp³-hybridized carbons (Fsp3) is 0.0909. The Kier molecular flexibility index (Phi) is 6.72. The molecule has 0 radical (unpaired) electrons. The Morgan fingerprint density at radius 2 is 1.25 bits per heavy atom. The van der Waals surface area contributed by atoms with Crippen molar-refractivity contribution in [2.75, 3.05) is 7.11 Å². The lowest BCUT2D eigenvalue weighted by atomic mass is 9.84. The van der Waals surface area contributed by atoms with Gasteiger partial charge in [-0.05, 0) is 46.2 Å². The number of fused-ring (bicyclic) bond motifs is 1. The van der Waals surface area contributed by atoms with Gasteiger partial charge in [-0.3, -0.25) is 9.59 Å². The van der Waals surface area contributed by atoms with Crippen molar-refractivity contribution in [3.8, 4) is 5.75 Å². The van der Waals surface area contributed by atoms with Gasteiger partial charge in [-0.1, -0.05) is 97.1 Å². The quantitative estimate of drug-likeness (QED) is 0.221. The maximum absolute atomic E-state index is 13.8. The lowest BCUT2D eigenvalue weighted by molar-refractivity contribution is 0.0963. The molecule has 0 heterocycles. The van der Waals surface area contributed by atoms with Gasteiger partial charge in [-0.15, -0.1) is 0 Å².